The highest BCUT2D eigenvalue weighted by Crippen LogP contribution is 2.49. The number of ether oxygens (including phenoxy) is 4. The number of allylic oxidation sites excluding steroid dienone is 3. The van der Waals surface area contributed by atoms with E-state index in [9.17, 15) is 29.1 Å². The van der Waals surface area contributed by atoms with Crippen molar-refractivity contribution in [2.24, 2.45) is 17.6 Å². The van der Waals surface area contributed by atoms with Crippen LogP contribution >= 0.6 is 33.2 Å². The second-order valence-electron chi connectivity index (χ2n) is 15.5. The summed E-state index contributed by atoms with van der Waals surface area (Å²) in [5.41, 5.74) is 4.59. The minimum Gasteiger partial charge on any atom is -0.495 e. The summed E-state index contributed by atoms with van der Waals surface area (Å²) in [6.45, 7) is 10.8. The van der Waals surface area contributed by atoms with E-state index in [1.165, 1.54) is 34.8 Å². The Morgan fingerprint density at radius 3 is 2.58 bits per heavy atom. The highest BCUT2D eigenvalue weighted by atomic mass is 35.5. The van der Waals surface area contributed by atoms with E-state index in [2.05, 4.69) is 5.32 Å². The van der Waals surface area contributed by atoms with E-state index in [-0.39, 0.29) is 41.3 Å². The van der Waals surface area contributed by atoms with Crippen LogP contribution in [-0.4, -0.2) is 108 Å². The Balaban J connectivity index is 1.61. The van der Waals surface area contributed by atoms with Crippen LogP contribution in [0.4, 0.5) is 10.5 Å². The minimum atomic E-state index is -1.63. The number of halogens is 1. The molecule has 2 fully saturated rings. The molecule has 17 heteroatoms. The van der Waals surface area contributed by atoms with Crippen molar-refractivity contribution in [2.45, 2.75) is 121 Å². The predicted octanol–water partition coefficient (Wildman–Crippen LogP) is 5.56. The maximum atomic E-state index is 14.2. The van der Waals surface area contributed by atoms with Gasteiger partial charge in [-0.1, -0.05) is 77.8 Å². The number of nitrogens with two attached hydrogens (primary N) is 1. The molecule has 2 saturated heterocycles. The van der Waals surface area contributed by atoms with Crippen LogP contribution in [0.3, 0.4) is 0 Å². The quantitative estimate of drug-likeness (QED) is 0.103. The maximum absolute atomic E-state index is 14.2. The number of nitrogens with one attached hydrogen (secondary N) is 1. The van der Waals surface area contributed by atoms with Crippen molar-refractivity contribution >= 4 is 68.7 Å². The van der Waals surface area contributed by atoms with Gasteiger partial charge in [0.05, 0.1) is 25.3 Å². The van der Waals surface area contributed by atoms with Gasteiger partial charge in [0.2, 0.25) is 17.7 Å². The highest BCUT2D eigenvalue weighted by molar-refractivity contribution is 8.76. The number of benzene rings is 1. The van der Waals surface area contributed by atoms with E-state index in [0.717, 1.165) is 11.1 Å². The topological polar surface area (TPSA) is 190 Å². The summed E-state index contributed by atoms with van der Waals surface area (Å²) in [5.74, 6) is -1.92. The Bertz CT molecular complexity index is 1750. The van der Waals surface area contributed by atoms with E-state index in [0.29, 0.717) is 36.5 Å². The number of esters is 1. The van der Waals surface area contributed by atoms with Crippen LogP contribution in [0, 0.1) is 11.8 Å². The zero-order valence-electron chi connectivity index (χ0n) is 34.2. The van der Waals surface area contributed by atoms with Crippen LogP contribution in [-0.2, 0) is 39.8 Å². The molecule has 0 spiro atoms. The first-order valence-corrected chi connectivity index (χ1v) is 21.8. The van der Waals surface area contributed by atoms with Crippen LogP contribution in [0.5, 0.6) is 5.75 Å². The number of carbonyl (C=O) groups is 5. The molecule has 0 radical (unpaired) electrons. The highest BCUT2D eigenvalue weighted by Gasteiger charge is 2.64. The minimum absolute atomic E-state index is 0.0489. The third-order valence-corrected chi connectivity index (χ3v) is 14.4. The zero-order valence-corrected chi connectivity index (χ0v) is 36.6. The summed E-state index contributed by atoms with van der Waals surface area (Å²) >= 11 is 6.77. The third-order valence-electron chi connectivity index (χ3n) is 11.1. The van der Waals surface area contributed by atoms with Crippen molar-refractivity contribution in [3.8, 4) is 5.75 Å². The van der Waals surface area contributed by atoms with Crippen molar-refractivity contribution < 1.29 is 48.0 Å². The average molecular weight is 854 g/mol. The Morgan fingerprint density at radius 2 is 1.91 bits per heavy atom. The van der Waals surface area contributed by atoms with Gasteiger partial charge in [0.1, 0.15) is 40.3 Å². The van der Waals surface area contributed by atoms with Gasteiger partial charge >= 0.3 is 12.1 Å². The molecule has 1 unspecified atom stereocenters. The van der Waals surface area contributed by atoms with Gasteiger partial charge in [-0.3, -0.25) is 19.7 Å². The fourth-order valence-electron chi connectivity index (χ4n) is 6.99. The Labute approximate surface area is 348 Å². The van der Waals surface area contributed by atoms with Crippen molar-refractivity contribution in [2.75, 3.05) is 31.9 Å². The number of likely N-dealkylation sites (N-methyl/N-ethyl adjacent to an activating group) is 1. The number of carbonyl (C=O) groups excluding carboxylic acids is 5. The van der Waals surface area contributed by atoms with Gasteiger partial charge in [-0.25, -0.2) is 9.59 Å². The number of alkyl carbamates (subject to hydrolysis) is 1. The Hall–Kier alpha value is -3.44. The molecule has 1 aromatic rings. The normalized spacial score (nSPS) is 30.3. The smallest absolute Gasteiger partial charge is 0.409 e. The van der Waals surface area contributed by atoms with E-state index in [1.54, 1.807) is 44.7 Å². The van der Waals surface area contributed by atoms with Gasteiger partial charge in [0.15, 0.2) is 0 Å². The summed E-state index contributed by atoms with van der Waals surface area (Å²) in [7, 11) is 7.66. The summed E-state index contributed by atoms with van der Waals surface area (Å²) in [5, 5.41) is 14.7. The molecule has 1 aromatic carbocycles. The molecule has 0 aliphatic carbocycles. The van der Waals surface area contributed by atoms with Crippen LogP contribution in [0.1, 0.15) is 79.2 Å². The third kappa shape index (κ3) is 11.6. The molecule has 9 atom stereocenters. The SMILES string of the molecule is COc1cc2cc(c1Cl)N(C)C(=O)C[C@H](OC(=O)[C@H](C)N(C)C(=O)CCSSC(C)CCC(N)=O)[C@]1(C)O[C@H]1[C@H](C)[C@@H]1C[C@@](O)(NC(=O)O1)[C@H](C)/C=C/C=C(\C)C2. The Kier molecular flexibility index (Phi) is 15.9. The summed E-state index contributed by atoms with van der Waals surface area (Å²) in [6.07, 6.45) is 3.54. The van der Waals surface area contributed by atoms with Gasteiger partial charge in [0.25, 0.3) is 0 Å². The average Bonchev–Trinajstić information content (AvgIpc) is 3.85. The van der Waals surface area contributed by atoms with Crippen LogP contribution in [0.25, 0.3) is 0 Å². The van der Waals surface area contributed by atoms with Gasteiger partial charge < -0.3 is 39.6 Å². The van der Waals surface area contributed by atoms with Gasteiger partial charge in [-0.05, 0) is 51.3 Å². The van der Waals surface area contributed by atoms with Gasteiger partial charge in [-0.15, -0.1) is 0 Å². The molecule has 316 valence electrons. The number of methoxy groups -OCH3 is 1. The lowest BCUT2D eigenvalue weighted by Crippen LogP contribution is -2.60. The molecule has 3 aliphatic heterocycles. The summed E-state index contributed by atoms with van der Waals surface area (Å²) in [4.78, 5) is 67.8. The number of primary amides is 1. The standard InChI is InChI=1S/C40H57ClN4O10S2/c1-22-11-10-12-23(2)40(51)21-30(53-38(50)43-40)25(4)36-39(6,55-36)31(20-34(48)45(8)28-18-27(17-22)19-29(52-9)35(28)41)54-37(49)26(5)44(7)33(47)15-16-56-57-24(3)13-14-32(42)46/h10-12,18-19,23-26,30-31,36,51H,13-17,20-21H2,1-9H3,(H2,42,46)(H,43,50)/b12-10+,22-11+/t23-,24?,25-,26+,30+,31+,36+,39+,40+/m1/s1. The molecule has 4 rings (SSSR count). The molecule has 3 aliphatic rings. The van der Waals surface area contributed by atoms with E-state index < -0.39 is 65.5 Å². The summed E-state index contributed by atoms with van der Waals surface area (Å²) < 4.78 is 23.7. The monoisotopic (exact) mass is 852 g/mol. The molecule has 14 nitrogen and oxygen atoms in total. The molecule has 0 aromatic heterocycles. The van der Waals surface area contributed by atoms with Crippen molar-refractivity contribution in [3.05, 3.63) is 46.5 Å². The largest absolute Gasteiger partial charge is 0.495 e. The number of anilines is 1. The number of fused-ring (bicyclic) bond motifs is 5. The van der Waals surface area contributed by atoms with Crippen LogP contribution in [0.15, 0.2) is 35.9 Å². The fraction of sp³-hybridized carbons (Fsp3) is 0.625. The number of hydrogen-bond donors (Lipinski definition) is 3. The lowest BCUT2D eigenvalue weighted by Gasteiger charge is -2.41. The number of hydrogen-bond acceptors (Lipinski definition) is 12. The lowest BCUT2D eigenvalue weighted by molar-refractivity contribution is -0.161. The maximum Gasteiger partial charge on any atom is 0.409 e. The number of epoxide rings is 1. The molecule has 4 amide bonds. The molecular formula is C40H57ClN4O10S2. The number of nitrogens with zero attached hydrogens (tertiary/aromatic N) is 2. The van der Waals surface area contributed by atoms with E-state index >= 15 is 0 Å². The molecular weight excluding hydrogens is 796 g/mol. The summed E-state index contributed by atoms with van der Waals surface area (Å²) in [6, 6.07) is 2.60. The molecule has 4 N–H and O–H groups in total. The number of aliphatic hydroxyl groups is 1. The number of amides is 4. The molecule has 0 saturated carbocycles. The first-order chi connectivity index (χ1) is 26.7. The zero-order chi connectivity index (χ0) is 42.4. The van der Waals surface area contributed by atoms with Crippen molar-refractivity contribution in [1.82, 2.24) is 10.2 Å². The van der Waals surface area contributed by atoms with Crippen LogP contribution < -0.4 is 20.7 Å². The van der Waals surface area contributed by atoms with Gasteiger partial charge in [-0.2, -0.15) is 0 Å². The van der Waals surface area contributed by atoms with Crippen molar-refractivity contribution in [3.63, 3.8) is 0 Å². The lowest BCUT2D eigenvalue weighted by atomic mass is 9.82. The second-order valence-corrected chi connectivity index (χ2v) is 18.8. The fourth-order valence-corrected chi connectivity index (χ4v) is 9.62. The van der Waals surface area contributed by atoms with E-state index in [1.807, 2.05) is 45.1 Å². The molecule has 57 heavy (non-hydrogen) atoms. The first-order valence-electron chi connectivity index (χ1n) is 19.1. The molecule has 3 heterocycles. The van der Waals surface area contributed by atoms with Crippen LogP contribution in [0.2, 0.25) is 5.02 Å². The predicted molar refractivity (Wildman–Crippen MR) is 222 cm³/mol. The number of rotatable bonds is 12. The van der Waals surface area contributed by atoms with Crippen molar-refractivity contribution in [1.29, 1.82) is 0 Å². The van der Waals surface area contributed by atoms with Gasteiger partial charge in [0, 0.05) is 56.2 Å². The van der Waals surface area contributed by atoms with E-state index in [4.69, 9.17) is 36.3 Å². The first kappa shape index (κ1) is 46.3. The molecule has 4 bridgehead atoms. The second kappa shape index (κ2) is 19.5. The Morgan fingerprint density at radius 1 is 1.21 bits per heavy atom.